The van der Waals surface area contributed by atoms with Crippen LogP contribution < -0.4 is 4.90 Å². The number of Topliss-reactive ketones (excluding diaryl/α,β-unsaturated/α-hetero) is 1. The highest BCUT2D eigenvalue weighted by molar-refractivity contribution is 6.01. The van der Waals surface area contributed by atoms with Gasteiger partial charge in [0.2, 0.25) is 11.7 Å². The van der Waals surface area contributed by atoms with E-state index in [1.807, 2.05) is 56.7 Å². The smallest absolute Gasteiger partial charge is 0.311 e. The van der Waals surface area contributed by atoms with Crippen molar-refractivity contribution in [1.82, 2.24) is 4.57 Å². The van der Waals surface area contributed by atoms with Gasteiger partial charge in [-0.15, -0.1) is 0 Å². The van der Waals surface area contributed by atoms with E-state index in [0.29, 0.717) is 5.56 Å². The number of hydrogen-bond donors (Lipinski definition) is 0. The summed E-state index contributed by atoms with van der Waals surface area (Å²) < 4.78 is 7.18. The van der Waals surface area contributed by atoms with Crippen molar-refractivity contribution < 1.29 is 19.1 Å². The van der Waals surface area contributed by atoms with E-state index in [9.17, 15) is 14.4 Å². The predicted octanol–water partition coefficient (Wildman–Crippen LogP) is 2.98. The molecule has 148 valence electrons. The first kappa shape index (κ1) is 19.9. The van der Waals surface area contributed by atoms with Crippen LogP contribution in [0, 0.1) is 19.8 Å². The Hall–Kier alpha value is -2.89. The van der Waals surface area contributed by atoms with Gasteiger partial charge in [0.25, 0.3) is 0 Å². The molecule has 0 N–H and O–H groups in total. The lowest BCUT2D eigenvalue weighted by Gasteiger charge is -2.19. The number of ketones is 1. The number of nitrogens with zero attached hydrogens (tertiary/aromatic N) is 2. The van der Waals surface area contributed by atoms with Gasteiger partial charge in [0.05, 0.1) is 5.92 Å². The molecule has 1 aromatic carbocycles. The van der Waals surface area contributed by atoms with Crippen molar-refractivity contribution in [2.45, 2.75) is 33.6 Å². The first-order valence-corrected chi connectivity index (χ1v) is 9.54. The first-order chi connectivity index (χ1) is 13.3. The summed E-state index contributed by atoms with van der Waals surface area (Å²) in [6, 6.07) is 9.50. The van der Waals surface area contributed by atoms with Gasteiger partial charge < -0.3 is 14.2 Å². The molecule has 2 heterocycles. The van der Waals surface area contributed by atoms with Crippen molar-refractivity contribution in [3.05, 3.63) is 52.8 Å². The summed E-state index contributed by atoms with van der Waals surface area (Å²) >= 11 is 0. The van der Waals surface area contributed by atoms with Crippen LogP contribution in [0.5, 0.6) is 0 Å². The Kier molecular flexibility index (Phi) is 5.68. The van der Waals surface area contributed by atoms with Gasteiger partial charge in [-0.3, -0.25) is 14.4 Å². The lowest BCUT2D eigenvalue weighted by atomic mass is 10.1. The lowest BCUT2D eigenvalue weighted by Crippen LogP contribution is -2.28. The topological polar surface area (TPSA) is 68.6 Å². The number of esters is 1. The van der Waals surface area contributed by atoms with Crippen molar-refractivity contribution in [2.24, 2.45) is 13.0 Å². The fourth-order valence-electron chi connectivity index (χ4n) is 3.64. The van der Waals surface area contributed by atoms with Crippen molar-refractivity contribution in [3.8, 4) is 0 Å². The van der Waals surface area contributed by atoms with E-state index in [4.69, 9.17) is 4.74 Å². The molecule has 0 spiro atoms. The molecule has 0 saturated carbocycles. The molecule has 28 heavy (non-hydrogen) atoms. The summed E-state index contributed by atoms with van der Waals surface area (Å²) in [6.45, 7) is 5.79. The Morgan fingerprint density at radius 1 is 1.21 bits per heavy atom. The number of anilines is 1. The molecule has 0 unspecified atom stereocenters. The molecule has 6 heteroatoms. The second-order valence-corrected chi connectivity index (χ2v) is 7.26. The van der Waals surface area contributed by atoms with Crippen LogP contribution >= 0.6 is 0 Å². The highest BCUT2D eigenvalue weighted by atomic mass is 16.5. The van der Waals surface area contributed by atoms with Crippen LogP contribution in [0.2, 0.25) is 0 Å². The van der Waals surface area contributed by atoms with Crippen LogP contribution in [0.4, 0.5) is 5.69 Å². The molecule has 0 aliphatic carbocycles. The molecule has 1 aliphatic heterocycles. The van der Waals surface area contributed by atoms with Crippen LogP contribution in [-0.4, -0.2) is 35.4 Å². The Balaban J connectivity index is 1.63. The third kappa shape index (κ3) is 3.72. The largest absolute Gasteiger partial charge is 0.457 e. The minimum Gasteiger partial charge on any atom is -0.457 e. The quantitative estimate of drug-likeness (QED) is 0.569. The molecule has 6 nitrogen and oxygen atoms in total. The molecule has 1 amide bonds. The molecule has 2 aromatic rings. The molecular weight excluding hydrogens is 356 g/mol. The number of carbonyl (C=O) groups excluding carboxylic acids is 3. The van der Waals surface area contributed by atoms with Gasteiger partial charge in [-0.1, -0.05) is 25.1 Å². The second kappa shape index (κ2) is 8.00. The Morgan fingerprint density at radius 2 is 1.93 bits per heavy atom. The molecular formula is C22H26N2O4. The number of amides is 1. The van der Waals surface area contributed by atoms with E-state index in [1.165, 1.54) is 0 Å². The zero-order valence-corrected chi connectivity index (χ0v) is 16.8. The van der Waals surface area contributed by atoms with E-state index in [2.05, 4.69) is 0 Å². The molecule has 1 aliphatic rings. The number of ether oxygens (including phenoxy) is 1. The van der Waals surface area contributed by atoms with Crippen molar-refractivity contribution in [2.75, 3.05) is 18.1 Å². The summed E-state index contributed by atoms with van der Waals surface area (Å²) in [4.78, 5) is 39.0. The normalized spacial score (nSPS) is 16.5. The van der Waals surface area contributed by atoms with Crippen LogP contribution in [-0.2, 0) is 27.8 Å². The van der Waals surface area contributed by atoms with Crippen molar-refractivity contribution in [3.63, 3.8) is 0 Å². The monoisotopic (exact) mass is 382 g/mol. The van der Waals surface area contributed by atoms with E-state index in [1.54, 1.807) is 11.0 Å². The van der Waals surface area contributed by atoms with Gasteiger partial charge in [-0.2, -0.15) is 0 Å². The van der Waals surface area contributed by atoms with Crippen LogP contribution in [0.25, 0.3) is 0 Å². The van der Waals surface area contributed by atoms with Gasteiger partial charge in [0.1, 0.15) is 0 Å². The van der Waals surface area contributed by atoms with Gasteiger partial charge in [0.15, 0.2) is 6.61 Å². The average molecular weight is 382 g/mol. The van der Waals surface area contributed by atoms with Crippen LogP contribution in [0.1, 0.15) is 40.7 Å². The van der Waals surface area contributed by atoms with E-state index in [-0.39, 0.29) is 31.3 Å². The summed E-state index contributed by atoms with van der Waals surface area (Å²) in [5.41, 5.74) is 4.29. The third-order valence-corrected chi connectivity index (χ3v) is 5.54. The summed E-state index contributed by atoms with van der Waals surface area (Å²) in [7, 11) is 1.89. The summed E-state index contributed by atoms with van der Waals surface area (Å²) in [6.07, 6.45) is 0.911. The Bertz CT molecular complexity index is 929. The summed E-state index contributed by atoms with van der Waals surface area (Å²) in [5.74, 6) is -1.37. The number of para-hydroxylation sites is 1. The predicted molar refractivity (Wildman–Crippen MR) is 106 cm³/mol. The lowest BCUT2D eigenvalue weighted by molar-refractivity contribution is -0.147. The highest BCUT2D eigenvalue weighted by Gasteiger charge is 2.37. The van der Waals surface area contributed by atoms with Crippen LogP contribution in [0.15, 0.2) is 30.3 Å². The SMILES string of the molecule is CCc1ccccc1N1C[C@H](C(=O)OCC(=O)c2cc(C)n(C)c2C)CC1=O. The fraction of sp³-hybridized carbons (Fsp3) is 0.409. The second-order valence-electron chi connectivity index (χ2n) is 7.26. The van der Waals surface area contributed by atoms with Gasteiger partial charge in [0, 0.05) is 42.7 Å². The van der Waals surface area contributed by atoms with Gasteiger partial charge >= 0.3 is 5.97 Å². The zero-order valence-electron chi connectivity index (χ0n) is 16.8. The molecule has 0 radical (unpaired) electrons. The van der Waals surface area contributed by atoms with Gasteiger partial charge in [-0.05, 0) is 38.0 Å². The molecule has 0 bridgehead atoms. The highest BCUT2D eigenvalue weighted by Crippen LogP contribution is 2.29. The minimum absolute atomic E-state index is 0.0938. The number of rotatable bonds is 6. The number of aryl methyl sites for hydroxylation is 2. The fourth-order valence-corrected chi connectivity index (χ4v) is 3.64. The first-order valence-electron chi connectivity index (χ1n) is 9.54. The maximum atomic E-state index is 12.5. The van der Waals surface area contributed by atoms with Gasteiger partial charge in [-0.25, -0.2) is 0 Å². The van der Waals surface area contributed by atoms with E-state index < -0.39 is 11.9 Å². The third-order valence-electron chi connectivity index (χ3n) is 5.54. The minimum atomic E-state index is -0.552. The molecule has 1 aromatic heterocycles. The van der Waals surface area contributed by atoms with E-state index in [0.717, 1.165) is 29.1 Å². The molecule has 1 fully saturated rings. The Labute approximate surface area is 165 Å². The molecule has 1 atom stereocenters. The number of aromatic nitrogens is 1. The summed E-state index contributed by atoms with van der Waals surface area (Å²) in [5, 5.41) is 0. The van der Waals surface area contributed by atoms with E-state index >= 15 is 0 Å². The standard InChI is InChI=1S/C22H26N2O4/c1-5-16-8-6-7-9-19(16)24-12-17(11-21(24)26)22(27)28-13-20(25)18-10-14(2)23(4)15(18)3/h6-10,17H,5,11-13H2,1-4H3/t17-/m1/s1. The van der Waals surface area contributed by atoms with Crippen LogP contribution in [0.3, 0.4) is 0 Å². The number of carbonyl (C=O) groups is 3. The Morgan fingerprint density at radius 3 is 2.57 bits per heavy atom. The van der Waals surface area contributed by atoms with Crippen molar-refractivity contribution >= 4 is 23.3 Å². The maximum Gasteiger partial charge on any atom is 0.311 e. The average Bonchev–Trinajstić information content (AvgIpc) is 3.20. The number of benzene rings is 1. The maximum absolute atomic E-state index is 12.5. The molecule has 1 saturated heterocycles. The zero-order chi connectivity index (χ0) is 20.4. The van der Waals surface area contributed by atoms with Crippen molar-refractivity contribution in [1.29, 1.82) is 0 Å². The molecule has 3 rings (SSSR count). The number of hydrogen-bond acceptors (Lipinski definition) is 4.